The van der Waals surface area contributed by atoms with Crippen LogP contribution >= 0.6 is 0 Å². The molecule has 6 nitrogen and oxygen atoms in total. The molecule has 6 heteroatoms. The van der Waals surface area contributed by atoms with Crippen molar-refractivity contribution >= 4 is 5.97 Å². The number of furan rings is 1. The fourth-order valence-electron chi connectivity index (χ4n) is 1.51. The topological polar surface area (TPSA) is 69.9 Å². The summed E-state index contributed by atoms with van der Waals surface area (Å²) in [5.74, 6) is -0.248. The van der Waals surface area contributed by atoms with E-state index in [2.05, 4.69) is 10.1 Å². The molecule has 1 aromatic rings. The van der Waals surface area contributed by atoms with Crippen molar-refractivity contribution in [3.63, 3.8) is 0 Å². The van der Waals surface area contributed by atoms with Crippen molar-refractivity contribution in [2.24, 2.45) is 0 Å². The highest BCUT2D eigenvalue weighted by Gasteiger charge is 2.15. The van der Waals surface area contributed by atoms with Crippen LogP contribution in [-0.4, -0.2) is 46.6 Å². The molecule has 102 valence electrons. The van der Waals surface area contributed by atoms with Gasteiger partial charge in [-0.3, -0.25) is 0 Å². The molecule has 0 spiro atoms. The number of carbonyl (C=O) groups is 1. The largest absolute Gasteiger partial charge is 0.463 e. The van der Waals surface area contributed by atoms with Crippen LogP contribution in [0.5, 0.6) is 0 Å². The first-order valence-corrected chi connectivity index (χ1v) is 5.60. The van der Waals surface area contributed by atoms with Gasteiger partial charge in [-0.1, -0.05) is 0 Å². The fraction of sp³-hybridized carbons (Fsp3) is 0.583. The normalized spacial score (nSPS) is 12.4. The summed E-state index contributed by atoms with van der Waals surface area (Å²) in [6.07, 6.45) is 1.44. The Morgan fingerprint density at radius 3 is 2.83 bits per heavy atom. The number of rotatable bonds is 8. The lowest BCUT2D eigenvalue weighted by molar-refractivity contribution is 0.0287. The van der Waals surface area contributed by atoms with Crippen molar-refractivity contribution in [3.8, 4) is 0 Å². The van der Waals surface area contributed by atoms with Crippen LogP contribution in [-0.2, 0) is 20.8 Å². The minimum Gasteiger partial charge on any atom is -0.463 e. The van der Waals surface area contributed by atoms with Gasteiger partial charge in [0.15, 0.2) is 0 Å². The molecule has 1 N–H and O–H groups in total. The molecule has 0 bridgehead atoms. The molecule has 0 aromatic carbocycles. The summed E-state index contributed by atoms with van der Waals surface area (Å²) in [5, 5.41) is 3.17. The van der Waals surface area contributed by atoms with Crippen molar-refractivity contribution in [1.29, 1.82) is 0 Å². The molecule has 0 fully saturated rings. The number of carbonyl (C=O) groups excluding carboxylic acids is 1. The van der Waals surface area contributed by atoms with Crippen molar-refractivity contribution in [2.75, 3.05) is 34.5 Å². The van der Waals surface area contributed by atoms with E-state index in [0.29, 0.717) is 19.7 Å². The average Bonchev–Trinajstić information content (AvgIpc) is 2.85. The Balaban J connectivity index is 2.44. The van der Waals surface area contributed by atoms with E-state index in [9.17, 15) is 4.79 Å². The molecular weight excluding hydrogens is 238 g/mol. The molecular formula is C12H19NO5. The summed E-state index contributed by atoms with van der Waals surface area (Å²) in [6.45, 7) is 1.64. The standard InChI is InChI=1S/C12H19NO5/c1-15-8-10(16-2)7-13-6-9-4-5-18-11(9)12(14)17-3/h4-5,10,13H,6-8H2,1-3H3. The van der Waals surface area contributed by atoms with Gasteiger partial charge in [0, 0.05) is 32.9 Å². The van der Waals surface area contributed by atoms with Gasteiger partial charge in [-0.2, -0.15) is 0 Å². The van der Waals surface area contributed by atoms with E-state index in [0.717, 1.165) is 5.56 Å². The molecule has 1 atom stereocenters. The SMILES string of the molecule is COCC(CNCc1ccoc1C(=O)OC)OC. The van der Waals surface area contributed by atoms with Gasteiger partial charge < -0.3 is 23.9 Å². The van der Waals surface area contributed by atoms with Crippen molar-refractivity contribution in [2.45, 2.75) is 12.6 Å². The number of ether oxygens (including phenoxy) is 3. The first kappa shape index (κ1) is 14.7. The van der Waals surface area contributed by atoms with Crippen LogP contribution in [0.15, 0.2) is 16.7 Å². The maximum absolute atomic E-state index is 11.4. The monoisotopic (exact) mass is 257 g/mol. The van der Waals surface area contributed by atoms with Gasteiger partial charge in [0.25, 0.3) is 0 Å². The Morgan fingerprint density at radius 2 is 2.22 bits per heavy atom. The highest BCUT2D eigenvalue weighted by molar-refractivity contribution is 5.87. The molecule has 1 rings (SSSR count). The van der Waals surface area contributed by atoms with E-state index in [1.54, 1.807) is 20.3 Å². The predicted molar refractivity (Wildman–Crippen MR) is 64.4 cm³/mol. The number of methoxy groups -OCH3 is 3. The predicted octanol–water partition coefficient (Wildman–Crippen LogP) is 0.817. The molecule has 0 aliphatic carbocycles. The summed E-state index contributed by atoms with van der Waals surface area (Å²) in [4.78, 5) is 11.4. The van der Waals surface area contributed by atoms with Crippen LogP contribution in [0.3, 0.4) is 0 Å². The van der Waals surface area contributed by atoms with E-state index in [4.69, 9.17) is 13.9 Å². The van der Waals surface area contributed by atoms with Crippen molar-refractivity contribution < 1.29 is 23.4 Å². The molecule has 1 heterocycles. The molecule has 0 aliphatic rings. The van der Waals surface area contributed by atoms with Crippen molar-refractivity contribution in [3.05, 3.63) is 23.7 Å². The zero-order valence-corrected chi connectivity index (χ0v) is 10.9. The van der Waals surface area contributed by atoms with Crippen LogP contribution in [0.4, 0.5) is 0 Å². The zero-order valence-electron chi connectivity index (χ0n) is 10.9. The Morgan fingerprint density at radius 1 is 1.44 bits per heavy atom. The Labute approximate surface area is 106 Å². The minimum absolute atomic E-state index is 0.0246. The van der Waals surface area contributed by atoms with Gasteiger partial charge in [-0.15, -0.1) is 0 Å². The second-order valence-corrected chi connectivity index (χ2v) is 3.71. The number of hydrogen-bond acceptors (Lipinski definition) is 6. The summed E-state index contributed by atoms with van der Waals surface area (Å²) in [7, 11) is 4.57. The Bertz CT molecular complexity index is 363. The van der Waals surface area contributed by atoms with Gasteiger partial charge in [-0.05, 0) is 6.07 Å². The number of esters is 1. The molecule has 1 aromatic heterocycles. The van der Waals surface area contributed by atoms with Gasteiger partial charge in [-0.25, -0.2) is 4.79 Å². The molecule has 18 heavy (non-hydrogen) atoms. The summed E-state index contributed by atoms with van der Waals surface area (Å²) < 4.78 is 19.9. The summed E-state index contributed by atoms with van der Waals surface area (Å²) in [6, 6.07) is 1.73. The summed E-state index contributed by atoms with van der Waals surface area (Å²) >= 11 is 0. The van der Waals surface area contributed by atoms with E-state index >= 15 is 0 Å². The summed E-state index contributed by atoms with van der Waals surface area (Å²) in [5.41, 5.74) is 0.758. The van der Waals surface area contributed by atoms with Crippen LogP contribution in [0.2, 0.25) is 0 Å². The fourth-order valence-corrected chi connectivity index (χ4v) is 1.51. The second-order valence-electron chi connectivity index (χ2n) is 3.71. The third kappa shape index (κ3) is 4.14. The highest BCUT2D eigenvalue weighted by Crippen LogP contribution is 2.11. The van der Waals surface area contributed by atoms with Crippen LogP contribution in [0.1, 0.15) is 16.1 Å². The molecule has 0 aliphatic heterocycles. The van der Waals surface area contributed by atoms with E-state index < -0.39 is 5.97 Å². The maximum atomic E-state index is 11.4. The first-order valence-electron chi connectivity index (χ1n) is 5.60. The smallest absolute Gasteiger partial charge is 0.374 e. The molecule has 1 unspecified atom stereocenters. The van der Waals surface area contributed by atoms with Crippen LogP contribution in [0, 0.1) is 0 Å². The van der Waals surface area contributed by atoms with Gasteiger partial charge in [0.05, 0.1) is 26.1 Å². The van der Waals surface area contributed by atoms with Gasteiger partial charge in [0.1, 0.15) is 0 Å². The van der Waals surface area contributed by atoms with Gasteiger partial charge in [0.2, 0.25) is 5.76 Å². The lowest BCUT2D eigenvalue weighted by atomic mass is 10.2. The van der Waals surface area contributed by atoms with E-state index in [1.165, 1.54) is 13.4 Å². The van der Waals surface area contributed by atoms with E-state index in [-0.39, 0.29) is 11.9 Å². The molecule has 0 amide bonds. The third-order valence-corrected chi connectivity index (χ3v) is 2.49. The van der Waals surface area contributed by atoms with Crippen LogP contribution in [0.25, 0.3) is 0 Å². The molecule has 0 saturated heterocycles. The Kier molecular flexibility index (Phi) is 6.42. The van der Waals surface area contributed by atoms with Gasteiger partial charge >= 0.3 is 5.97 Å². The minimum atomic E-state index is -0.475. The Hall–Kier alpha value is -1.37. The molecule has 0 radical (unpaired) electrons. The second kappa shape index (κ2) is 7.86. The average molecular weight is 257 g/mol. The zero-order chi connectivity index (χ0) is 13.4. The number of hydrogen-bond donors (Lipinski definition) is 1. The highest BCUT2D eigenvalue weighted by atomic mass is 16.5. The van der Waals surface area contributed by atoms with E-state index in [1.807, 2.05) is 0 Å². The number of nitrogens with one attached hydrogen (secondary N) is 1. The molecule has 0 saturated carbocycles. The van der Waals surface area contributed by atoms with Crippen molar-refractivity contribution in [1.82, 2.24) is 5.32 Å². The lowest BCUT2D eigenvalue weighted by Gasteiger charge is -2.14. The lowest BCUT2D eigenvalue weighted by Crippen LogP contribution is -2.31. The third-order valence-electron chi connectivity index (χ3n) is 2.49. The van der Waals surface area contributed by atoms with Crippen LogP contribution < -0.4 is 5.32 Å². The first-order chi connectivity index (χ1) is 8.72. The maximum Gasteiger partial charge on any atom is 0.374 e. The quantitative estimate of drug-likeness (QED) is 0.695.